The zero-order valence-corrected chi connectivity index (χ0v) is 11.4. The fourth-order valence-electron chi connectivity index (χ4n) is 1.43. The summed E-state index contributed by atoms with van der Waals surface area (Å²) < 4.78 is 14.4. The lowest BCUT2D eigenvalue weighted by atomic mass is 10.2. The number of para-hydroxylation sites is 1. The summed E-state index contributed by atoms with van der Waals surface area (Å²) in [7, 11) is 0. The molecule has 0 saturated carbocycles. The van der Waals surface area contributed by atoms with Gasteiger partial charge in [-0.25, -0.2) is 4.39 Å². The predicted molar refractivity (Wildman–Crippen MR) is 73.5 cm³/mol. The van der Waals surface area contributed by atoms with Crippen LogP contribution in [0.1, 0.15) is 10.4 Å². The van der Waals surface area contributed by atoms with Crippen LogP contribution in [0, 0.1) is 5.82 Å². The Morgan fingerprint density at radius 1 is 1.17 bits per heavy atom. The Labute approximate surface area is 117 Å². The second kappa shape index (κ2) is 5.50. The molecule has 92 valence electrons. The molecule has 0 spiro atoms. The molecule has 1 amide bonds. The third-order valence-corrected chi connectivity index (χ3v) is 3.30. The van der Waals surface area contributed by atoms with E-state index >= 15 is 0 Å². The van der Waals surface area contributed by atoms with E-state index in [1.807, 2.05) is 6.07 Å². The summed E-state index contributed by atoms with van der Waals surface area (Å²) in [6, 6.07) is 11.4. The molecule has 0 fully saturated rings. The van der Waals surface area contributed by atoms with Crippen molar-refractivity contribution in [2.75, 3.05) is 5.32 Å². The standard InChI is InChI=1S/C13H8BrClFNO/c14-9-5-1-2-7-11(9)17-13(18)8-4-3-6-10(15)12(8)16/h1-7H,(H,17,18). The number of halogens is 3. The topological polar surface area (TPSA) is 29.1 Å². The van der Waals surface area contributed by atoms with Gasteiger partial charge in [0.25, 0.3) is 5.91 Å². The summed E-state index contributed by atoms with van der Waals surface area (Å²) in [6.07, 6.45) is 0. The molecular weight excluding hydrogens is 321 g/mol. The third-order valence-electron chi connectivity index (χ3n) is 2.32. The first-order chi connectivity index (χ1) is 8.59. The van der Waals surface area contributed by atoms with Crippen LogP contribution in [0.5, 0.6) is 0 Å². The molecule has 2 aromatic carbocycles. The van der Waals surface area contributed by atoms with Gasteiger partial charge in [-0.15, -0.1) is 0 Å². The van der Waals surface area contributed by atoms with Gasteiger partial charge in [0.05, 0.1) is 16.3 Å². The molecule has 0 heterocycles. The SMILES string of the molecule is O=C(Nc1ccccc1Br)c1cccc(Cl)c1F. The first-order valence-electron chi connectivity index (χ1n) is 5.09. The molecule has 0 aromatic heterocycles. The smallest absolute Gasteiger partial charge is 0.258 e. The first-order valence-corrected chi connectivity index (χ1v) is 6.26. The van der Waals surface area contributed by atoms with Crippen LogP contribution in [-0.4, -0.2) is 5.91 Å². The quantitative estimate of drug-likeness (QED) is 0.864. The lowest BCUT2D eigenvalue weighted by Crippen LogP contribution is -2.14. The van der Waals surface area contributed by atoms with Gasteiger partial charge < -0.3 is 5.32 Å². The summed E-state index contributed by atoms with van der Waals surface area (Å²) in [5.74, 6) is -1.26. The van der Waals surface area contributed by atoms with Crippen LogP contribution in [0.3, 0.4) is 0 Å². The molecule has 0 aliphatic rings. The fraction of sp³-hybridized carbons (Fsp3) is 0. The average Bonchev–Trinajstić information content (AvgIpc) is 2.35. The predicted octanol–water partition coefficient (Wildman–Crippen LogP) is 4.49. The number of hydrogen-bond donors (Lipinski definition) is 1. The first kappa shape index (κ1) is 13.1. The molecule has 5 heteroatoms. The highest BCUT2D eigenvalue weighted by Gasteiger charge is 2.14. The van der Waals surface area contributed by atoms with E-state index in [0.29, 0.717) is 5.69 Å². The molecule has 0 bridgehead atoms. The number of amides is 1. The van der Waals surface area contributed by atoms with E-state index in [1.165, 1.54) is 18.2 Å². The molecular formula is C13H8BrClFNO. The van der Waals surface area contributed by atoms with Gasteiger partial charge in [-0.2, -0.15) is 0 Å². The minimum Gasteiger partial charge on any atom is -0.321 e. The van der Waals surface area contributed by atoms with Gasteiger partial charge in [0, 0.05) is 4.47 Å². The summed E-state index contributed by atoms with van der Waals surface area (Å²) in [5, 5.41) is 2.54. The maximum absolute atomic E-state index is 13.7. The van der Waals surface area contributed by atoms with Crippen LogP contribution in [-0.2, 0) is 0 Å². The highest BCUT2D eigenvalue weighted by atomic mass is 79.9. The van der Waals surface area contributed by atoms with Crippen molar-refractivity contribution in [3.63, 3.8) is 0 Å². The number of nitrogens with one attached hydrogen (secondary N) is 1. The maximum atomic E-state index is 13.7. The lowest BCUT2D eigenvalue weighted by molar-refractivity contribution is 0.102. The molecule has 0 atom stereocenters. The van der Waals surface area contributed by atoms with Crippen molar-refractivity contribution in [2.45, 2.75) is 0 Å². The molecule has 2 rings (SSSR count). The Balaban J connectivity index is 2.28. The molecule has 18 heavy (non-hydrogen) atoms. The molecule has 0 radical (unpaired) electrons. The van der Waals surface area contributed by atoms with Crippen LogP contribution < -0.4 is 5.32 Å². The lowest BCUT2D eigenvalue weighted by Gasteiger charge is -2.08. The van der Waals surface area contributed by atoms with Crippen molar-refractivity contribution in [1.82, 2.24) is 0 Å². The Morgan fingerprint density at radius 2 is 1.89 bits per heavy atom. The molecule has 2 nitrogen and oxygen atoms in total. The van der Waals surface area contributed by atoms with Crippen molar-refractivity contribution in [1.29, 1.82) is 0 Å². The number of hydrogen-bond acceptors (Lipinski definition) is 1. The van der Waals surface area contributed by atoms with Crippen molar-refractivity contribution in [2.24, 2.45) is 0 Å². The van der Waals surface area contributed by atoms with E-state index in [0.717, 1.165) is 4.47 Å². The second-order valence-electron chi connectivity index (χ2n) is 3.54. The van der Waals surface area contributed by atoms with Gasteiger partial charge >= 0.3 is 0 Å². The van der Waals surface area contributed by atoms with Gasteiger partial charge in [0.2, 0.25) is 0 Å². The van der Waals surface area contributed by atoms with Gasteiger partial charge in [-0.3, -0.25) is 4.79 Å². The number of carbonyl (C=O) groups is 1. The van der Waals surface area contributed by atoms with Crippen molar-refractivity contribution >= 4 is 39.1 Å². The Morgan fingerprint density at radius 3 is 2.61 bits per heavy atom. The van der Waals surface area contributed by atoms with E-state index in [2.05, 4.69) is 21.2 Å². The van der Waals surface area contributed by atoms with Gasteiger partial charge in [-0.05, 0) is 40.2 Å². The molecule has 1 N–H and O–H groups in total. The number of carbonyl (C=O) groups excluding carboxylic acids is 1. The van der Waals surface area contributed by atoms with Crippen molar-refractivity contribution < 1.29 is 9.18 Å². The van der Waals surface area contributed by atoms with E-state index < -0.39 is 11.7 Å². The molecule has 0 saturated heterocycles. The maximum Gasteiger partial charge on any atom is 0.258 e. The van der Waals surface area contributed by atoms with Crippen LogP contribution in [0.15, 0.2) is 46.9 Å². The van der Waals surface area contributed by atoms with Gasteiger partial charge in [0.1, 0.15) is 0 Å². The highest BCUT2D eigenvalue weighted by molar-refractivity contribution is 9.10. The molecule has 2 aromatic rings. The molecule has 0 aliphatic carbocycles. The zero-order valence-electron chi connectivity index (χ0n) is 9.08. The summed E-state index contributed by atoms with van der Waals surface area (Å²) in [6.45, 7) is 0. The van der Waals surface area contributed by atoms with E-state index in [-0.39, 0.29) is 10.6 Å². The minimum atomic E-state index is -0.719. The minimum absolute atomic E-state index is 0.0743. The van der Waals surface area contributed by atoms with Crippen LogP contribution in [0.2, 0.25) is 5.02 Å². The van der Waals surface area contributed by atoms with Crippen molar-refractivity contribution in [3.8, 4) is 0 Å². The summed E-state index contributed by atoms with van der Waals surface area (Å²) >= 11 is 8.92. The van der Waals surface area contributed by atoms with E-state index in [9.17, 15) is 9.18 Å². The van der Waals surface area contributed by atoms with E-state index in [1.54, 1.807) is 18.2 Å². The largest absolute Gasteiger partial charge is 0.321 e. The normalized spacial score (nSPS) is 10.2. The molecule has 0 unspecified atom stereocenters. The highest BCUT2D eigenvalue weighted by Crippen LogP contribution is 2.23. The van der Waals surface area contributed by atoms with E-state index in [4.69, 9.17) is 11.6 Å². The monoisotopic (exact) mass is 327 g/mol. The van der Waals surface area contributed by atoms with Crippen LogP contribution in [0.4, 0.5) is 10.1 Å². The fourth-order valence-corrected chi connectivity index (χ4v) is 1.99. The Kier molecular flexibility index (Phi) is 3.99. The van der Waals surface area contributed by atoms with Crippen LogP contribution >= 0.6 is 27.5 Å². The second-order valence-corrected chi connectivity index (χ2v) is 4.80. The number of rotatable bonds is 2. The third kappa shape index (κ3) is 2.71. The van der Waals surface area contributed by atoms with Gasteiger partial charge in [0.15, 0.2) is 5.82 Å². The van der Waals surface area contributed by atoms with Gasteiger partial charge in [-0.1, -0.05) is 29.8 Å². The number of benzene rings is 2. The summed E-state index contributed by atoms with van der Waals surface area (Å²) in [4.78, 5) is 11.9. The molecule has 0 aliphatic heterocycles. The Bertz CT molecular complexity index is 603. The number of anilines is 1. The zero-order chi connectivity index (χ0) is 13.1. The van der Waals surface area contributed by atoms with Crippen LogP contribution in [0.25, 0.3) is 0 Å². The average molecular weight is 329 g/mol. The van der Waals surface area contributed by atoms with Crippen molar-refractivity contribution in [3.05, 3.63) is 63.3 Å². The Hall–Kier alpha value is -1.39. The summed E-state index contributed by atoms with van der Waals surface area (Å²) in [5.41, 5.74) is 0.486.